The van der Waals surface area contributed by atoms with Crippen LogP contribution in [-0.4, -0.2) is 31.7 Å². The molecule has 1 N–H and O–H groups in total. The van der Waals surface area contributed by atoms with E-state index >= 15 is 0 Å². The molecule has 0 aliphatic carbocycles. The number of benzene rings is 2. The largest absolute Gasteiger partial charge is 0.349 e. The van der Waals surface area contributed by atoms with E-state index in [1.165, 1.54) is 4.31 Å². The zero-order chi connectivity index (χ0) is 19.3. The molecule has 1 aliphatic rings. The third-order valence-corrected chi connectivity index (χ3v) is 6.94. The van der Waals surface area contributed by atoms with Crippen molar-refractivity contribution in [3.05, 3.63) is 66.2 Å². The van der Waals surface area contributed by atoms with Crippen LogP contribution < -0.4 is 5.32 Å². The maximum atomic E-state index is 12.8. The average molecular weight is 387 g/mol. The molecule has 0 spiro atoms. The number of piperidine rings is 1. The normalized spacial score (nSPS) is 19.4. The molecule has 2 unspecified atom stereocenters. The van der Waals surface area contributed by atoms with Crippen molar-refractivity contribution in [2.45, 2.75) is 37.1 Å². The van der Waals surface area contributed by atoms with E-state index in [2.05, 4.69) is 5.32 Å². The van der Waals surface area contributed by atoms with Crippen molar-refractivity contribution in [2.24, 2.45) is 5.92 Å². The van der Waals surface area contributed by atoms with Crippen LogP contribution in [-0.2, 0) is 14.8 Å². The summed E-state index contributed by atoms with van der Waals surface area (Å²) < 4.78 is 27.1. The first-order valence-electron chi connectivity index (χ1n) is 9.43. The minimum Gasteiger partial charge on any atom is -0.349 e. The molecule has 2 aromatic carbocycles. The van der Waals surface area contributed by atoms with E-state index < -0.39 is 10.0 Å². The van der Waals surface area contributed by atoms with E-state index in [0.29, 0.717) is 19.4 Å². The van der Waals surface area contributed by atoms with Gasteiger partial charge in [0.2, 0.25) is 15.9 Å². The van der Waals surface area contributed by atoms with Gasteiger partial charge in [0.1, 0.15) is 0 Å². The number of nitrogens with zero attached hydrogens (tertiary/aromatic N) is 1. The Kier molecular flexibility index (Phi) is 6.29. The number of amides is 1. The fraction of sp³-hybridized carbons (Fsp3) is 0.381. The lowest BCUT2D eigenvalue weighted by molar-refractivity contribution is -0.126. The third-order valence-electron chi connectivity index (χ3n) is 5.06. The maximum Gasteiger partial charge on any atom is 0.243 e. The van der Waals surface area contributed by atoms with Crippen LogP contribution in [0.2, 0.25) is 0 Å². The molecule has 1 heterocycles. The average Bonchev–Trinajstić information content (AvgIpc) is 2.73. The number of nitrogens with one attached hydrogen (secondary N) is 1. The smallest absolute Gasteiger partial charge is 0.243 e. The van der Waals surface area contributed by atoms with Crippen LogP contribution in [0.3, 0.4) is 0 Å². The quantitative estimate of drug-likeness (QED) is 0.828. The van der Waals surface area contributed by atoms with Crippen LogP contribution in [0, 0.1) is 5.92 Å². The van der Waals surface area contributed by atoms with E-state index in [0.717, 1.165) is 12.0 Å². The second-order valence-electron chi connectivity index (χ2n) is 6.90. The lowest BCUT2D eigenvalue weighted by Gasteiger charge is -2.32. The SMILES string of the molecule is CCC(NC(=O)C1CCCN(S(=O)(=O)c2ccccc2)C1)c1ccccc1. The molecule has 3 rings (SSSR count). The Hall–Kier alpha value is -2.18. The fourth-order valence-corrected chi connectivity index (χ4v) is 5.06. The number of sulfonamides is 1. The van der Waals surface area contributed by atoms with Crippen molar-refractivity contribution in [2.75, 3.05) is 13.1 Å². The van der Waals surface area contributed by atoms with Gasteiger partial charge in [-0.2, -0.15) is 4.31 Å². The summed E-state index contributed by atoms with van der Waals surface area (Å²) in [6.07, 6.45) is 2.18. The summed E-state index contributed by atoms with van der Waals surface area (Å²) in [4.78, 5) is 13.1. The molecule has 0 radical (unpaired) electrons. The van der Waals surface area contributed by atoms with Crippen molar-refractivity contribution < 1.29 is 13.2 Å². The molecule has 5 nitrogen and oxygen atoms in total. The molecule has 1 aliphatic heterocycles. The highest BCUT2D eigenvalue weighted by atomic mass is 32.2. The minimum atomic E-state index is -3.56. The third kappa shape index (κ3) is 4.57. The first-order valence-corrected chi connectivity index (χ1v) is 10.9. The van der Waals surface area contributed by atoms with Crippen LogP contribution in [0.15, 0.2) is 65.6 Å². The van der Waals surface area contributed by atoms with Crippen molar-refractivity contribution in [3.63, 3.8) is 0 Å². The van der Waals surface area contributed by atoms with Gasteiger partial charge in [0, 0.05) is 13.1 Å². The number of hydrogen-bond donors (Lipinski definition) is 1. The first-order chi connectivity index (χ1) is 13.0. The summed E-state index contributed by atoms with van der Waals surface area (Å²) in [5.41, 5.74) is 1.07. The summed E-state index contributed by atoms with van der Waals surface area (Å²) >= 11 is 0. The van der Waals surface area contributed by atoms with Gasteiger partial charge in [0.15, 0.2) is 0 Å². The lowest BCUT2D eigenvalue weighted by atomic mass is 9.97. The molecule has 2 aromatic rings. The molecule has 2 atom stereocenters. The fourth-order valence-electron chi connectivity index (χ4n) is 3.51. The Morgan fingerprint density at radius 2 is 1.74 bits per heavy atom. The van der Waals surface area contributed by atoms with Gasteiger partial charge in [-0.15, -0.1) is 0 Å². The Morgan fingerprint density at radius 3 is 2.37 bits per heavy atom. The van der Waals surface area contributed by atoms with Crippen LogP contribution >= 0.6 is 0 Å². The highest BCUT2D eigenvalue weighted by Gasteiger charge is 2.33. The van der Waals surface area contributed by atoms with Gasteiger partial charge in [-0.1, -0.05) is 55.5 Å². The van der Waals surface area contributed by atoms with E-state index in [-0.39, 0.29) is 29.3 Å². The van der Waals surface area contributed by atoms with Crippen LogP contribution in [0.1, 0.15) is 37.8 Å². The van der Waals surface area contributed by atoms with Gasteiger partial charge >= 0.3 is 0 Å². The highest BCUT2D eigenvalue weighted by Crippen LogP contribution is 2.25. The number of carbonyl (C=O) groups is 1. The molecule has 1 fully saturated rings. The summed E-state index contributed by atoms with van der Waals surface area (Å²) in [6, 6.07) is 18.2. The van der Waals surface area contributed by atoms with E-state index in [1.54, 1.807) is 30.3 Å². The zero-order valence-electron chi connectivity index (χ0n) is 15.5. The van der Waals surface area contributed by atoms with Crippen molar-refractivity contribution in [3.8, 4) is 0 Å². The van der Waals surface area contributed by atoms with E-state index in [1.807, 2.05) is 37.3 Å². The number of carbonyl (C=O) groups excluding carboxylic acids is 1. The van der Waals surface area contributed by atoms with Gasteiger partial charge in [0.25, 0.3) is 0 Å². The van der Waals surface area contributed by atoms with Crippen molar-refractivity contribution in [1.29, 1.82) is 0 Å². The molecular weight excluding hydrogens is 360 g/mol. The second kappa shape index (κ2) is 8.67. The van der Waals surface area contributed by atoms with Crippen molar-refractivity contribution >= 4 is 15.9 Å². The number of rotatable bonds is 6. The summed E-state index contributed by atoms with van der Waals surface area (Å²) in [5.74, 6) is -0.395. The summed E-state index contributed by atoms with van der Waals surface area (Å²) in [5, 5.41) is 3.10. The topological polar surface area (TPSA) is 66.5 Å². The molecule has 1 saturated heterocycles. The van der Waals surface area contributed by atoms with Gasteiger partial charge < -0.3 is 5.32 Å². The van der Waals surface area contributed by atoms with Crippen molar-refractivity contribution in [1.82, 2.24) is 9.62 Å². The Balaban J connectivity index is 1.69. The van der Waals surface area contributed by atoms with E-state index in [9.17, 15) is 13.2 Å². The predicted octanol–water partition coefficient (Wildman–Crippen LogP) is 3.35. The summed E-state index contributed by atoms with van der Waals surface area (Å²) in [7, 11) is -3.56. The molecule has 1 amide bonds. The second-order valence-corrected chi connectivity index (χ2v) is 8.83. The van der Waals surface area contributed by atoms with Crippen LogP contribution in [0.5, 0.6) is 0 Å². The molecule has 6 heteroatoms. The van der Waals surface area contributed by atoms with Gasteiger partial charge in [-0.3, -0.25) is 4.79 Å². The Labute approximate surface area is 161 Å². The molecule has 27 heavy (non-hydrogen) atoms. The van der Waals surface area contributed by atoms with Gasteiger partial charge in [-0.05, 0) is 37.0 Å². The Morgan fingerprint density at radius 1 is 1.11 bits per heavy atom. The molecule has 144 valence electrons. The molecule has 0 aromatic heterocycles. The molecular formula is C21H26N2O3S. The minimum absolute atomic E-state index is 0.0557. The molecule has 0 saturated carbocycles. The summed E-state index contributed by atoms with van der Waals surface area (Å²) in [6.45, 7) is 2.72. The van der Waals surface area contributed by atoms with E-state index in [4.69, 9.17) is 0 Å². The Bertz CT molecular complexity index is 854. The lowest BCUT2D eigenvalue weighted by Crippen LogP contribution is -2.46. The van der Waals surface area contributed by atoms with Crippen LogP contribution in [0.4, 0.5) is 0 Å². The van der Waals surface area contributed by atoms with Gasteiger partial charge in [0.05, 0.1) is 16.9 Å². The van der Waals surface area contributed by atoms with Crippen LogP contribution in [0.25, 0.3) is 0 Å². The number of hydrogen-bond acceptors (Lipinski definition) is 3. The highest BCUT2D eigenvalue weighted by molar-refractivity contribution is 7.89. The first kappa shape index (κ1) is 19.6. The maximum absolute atomic E-state index is 12.8. The predicted molar refractivity (Wildman–Crippen MR) is 106 cm³/mol. The molecule has 0 bridgehead atoms. The monoisotopic (exact) mass is 386 g/mol. The standard InChI is InChI=1S/C21H26N2O3S/c1-2-20(17-10-5-3-6-11-17)22-21(24)18-12-9-15-23(16-18)27(25,26)19-13-7-4-8-14-19/h3-8,10-11,13-14,18,20H,2,9,12,15-16H2,1H3,(H,22,24). The zero-order valence-corrected chi connectivity index (χ0v) is 16.4. The van der Waals surface area contributed by atoms with Gasteiger partial charge in [-0.25, -0.2) is 8.42 Å².